The van der Waals surface area contributed by atoms with Gasteiger partial charge in [-0.3, -0.25) is 14.9 Å². The molecule has 1 aliphatic heterocycles. The molecule has 1 fully saturated rings. The Hall–Kier alpha value is -4.38. The lowest BCUT2D eigenvalue weighted by Crippen LogP contribution is -2.44. The van der Waals surface area contributed by atoms with Gasteiger partial charge in [-0.05, 0) is 49.4 Å². The Morgan fingerprint density at radius 1 is 1.18 bits per heavy atom. The van der Waals surface area contributed by atoms with E-state index in [1.807, 2.05) is 43.5 Å². The molecule has 3 heterocycles. The van der Waals surface area contributed by atoms with Crippen molar-refractivity contribution in [3.63, 3.8) is 0 Å². The molecule has 3 aromatic carbocycles. The number of carbonyl (C=O) groups is 1. The van der Waals surface area contributed by atoms with Crippen LogP contribution in [0.4, 0.5) is 5.69 Å². The van der Waals surface area contributed by atoms with E-state index >= 15 is 0 Å². The summed E-state index contributed by atoms with van der Waals surface area (Å²) in [6.07, 6.45) is 5.04. The molecule has 0 saturated carbocycles. The van der Waals surface area contributed by atoms with E-state index in [-0.39, 0.29) is 23.6 Å². The van der Waals surface area contributed by atoms with Crippen molar-refractivity contribution in [1.29, 1.82) is 0 Å². The maximum absolute atomic E-state index is 13.5. The van der Waals surface area contributed by atoms with E-state index in [0.717, 1.165) is 22.2 Å². The van der Waals surface area contributed by atoms with Gasteiger partial charge in [-0.2, -0.15) is 0 Å². The van der Waals surface area contributed by atoms with Crippen molar-refractivity contribution in [2.75, 3.05) is 6.54 Å². The number of hydrogen-bond acceptors (Lipinski definition) is 7. The third-order valence-electron chi connectivity index (χ3n) is 7.36. The number of rotatable bonds is 6. The molecule has 0 radical (unpaired) electrons. The van der Waals surface area contributed by atoms with Gasteiger partial charge < -0.3 is 9.32 Å². The van der Waals surface area contributed by atoms with Crippen LogP contribution in [0.2, 0.25) is 0 Å². The van der Waals surface area contributed by atoms with Crippen LogP contribution in [0.25, 0.3) is 22.1 Å². The Balaban J connectivity index is 1.13. The summed E-state index contributed by atoms with van der Waals surface area (Å²) in [6.45, 7) is 2.88. The summed E-state index contributed by atoms with van der Waals surface area (Å²) in [4.78, 5) is 30.9. The van der Waals surface area contributed by atoms with Crippen molar-refractivity contribution in [1.82, 2.24) is 24.9 Å². The van der Waals surface area contributed by atoms with E-state index in [1.54, 1.807) is 40.0 Å². The molecule has 0 N–H and O–H groups in total. The lowest BCUT2D eigenvalue weighted by molar-refractivity contribution is -0.383. The van der Waals surface area contributed by atoms with Gasteiger partial charge >= 0.3 is 0 Å². The van der Waals surface area contributed by atoms with Crippen molar-refractivity contribution in [2.45, 2.75) is 38.3 Å². The Morgan fingerprint density at radius 2 is 2.02 bits per heavy atom. The second kappa shape index (κ2) is 10.6. The highest BCUT2D eigenvalue weighted by Gasteiger charge is 2.32. The van der Waals surface area contributed by atoms with Crippen LogP contribution in [0.1, 0.15) is 47.6 Å². The van der Waals surface area contributed by atoms with E-state index in [0.29, 0.717) is 47.5 Å². The Kier molecular flexibility index (Phi) is 6.89. The number of nitrogens with zero attached hydrogens (tertiary/aromatic N) is 6. The van der Waals surface area contributed by atoms with Crippen LogP contribution in [-0.2, 0) is 6.54 Å². The van der Waals surface area contributed by atoms with Crippen molar-refractivity contribution >= 4 is 38.3 Å². The molecule has 1 aliphatic rings. The number of fused-ring (bicyclic) bond motifs is 1. The lowest BCUT2D eigenvalue weighted by atomic mass is 9.89. The van der Waals surface area contributed by atoms with Gasteiger partial charge in [0.1, 0.15) is 6.54 Å². The van der Waals surface area contributed by atoms with Crippen molar-refractivity contribution in [3.8, 4) is 11.3 Å². The van der Waals surface area contributed by atoms with Crippen molar-refractivity contribution in [2.24, 2.45) is 0 Å². The number of piperidine rings is 1. The van der Waals surface area contributed by atoms with Crippen LogP contribution in [0.5, 0.6) is 0 Å². The second-order valence-electron chi connectivity index (χ2n) is 10.0. The summed E-state index contributed by atoms with van der Waals surface area (Å²) in [7, 11) is 0. The quantitative estimate of drug-likeness (QED) is 0.168. The van der Waals surface area contributed by atoms with Crippen LogP contribution in [-0.4, -0.2) is 48.3 Å². The second-order valence-corrected chi connectivity index (χ2v) is 10.9. The molecule has 40 heavy (non-hydrogen) atoms. The highest BCUT2D eigenvalue weighted by Crippen LogP contribution is 2.33. The molecule has 1 amide bonds. The van der Waals surface area contributed by atoms with Gasteiger partial charge in [0, 0.05) is 46.4 Å². The largest absolute Gasteiger partial charge is 0.439 e. The molecule has 5 aromatic rings. The van der Waals surface area contributed by atoms with Gasteiger partial charge in [0.15, 0.2) is 5.76 Å². The fraction of sp³-hybridized carbons (Fsp3) is 0.241. The number of aromatic nitrogens is 4. The molecule has 2 unspecified atom stereocenters. The fourth-order valence-electron chi connectivity index (χ4n) is 5.35. The number of oxazole rings is 1. The number of nitro groups is 1. The van der Waals surface area contributed by atoms with Gasteiger partial charge in [0.25, 0.3) is 11.6 Å². The average Bonchev–Trinajstić information content (AvgIpc) is 3.62. The molecule has 1 saturated heterocycles. The topological polar surface area (TPSA) is 120 Å². The molecule has 202 valence electrons. The number of benzene rings is 3. The van der Waals surface area contributed by atoms with Crippen LogP contribution in [0, 0.1) is 10.1 Å². The van der Waals surface area contributed by atoms with E-state index in [2.05, 4.69) is 31.2 Å². The summed E-state index contributed by atoms with van der Waals surface area (Å²) >= 11 is 3.47. The average molecular weight is 601 g/mol. The van der Waals surface area contributed by atoms with Gasteiger partial charge in [0.2, 0.25) is 5.89 Å². The van der Waals surface area contributed by atoms with Gasteiger partial charge in [0.05, 0.1) is 22.2 Å². The minimum Gasteiger partial charge on any atom is -0.439 e. The van der Waals surface area contributed by atoms with E-state index in [9.17, 15) is 14.9 Å². The molecular weight excluding hydrogens is 576 g/mol. The Bertz CT molecular complexity index is 1730. The first-order valence-corrected chi connectivity index (χ1v) is 13.7. The zero-order valence-electron chi connectivity index (χ0n) is 21.6. The van der Waals surface area contributed by atoms with E-state index in [4.69, 9.17) is 4.42 Å². The molecular formula is C29H25BrN6O4. The minimum atomic E-state index is -0.433. The first-order chi connectivity index (χ1) is 19.4. The number of carbonyl (C=O) groups excluding carboxylic acids is 1. The molecule has 0 spiro atoms. The van der Waals surface area contributed by atoms with Crippen molar-refractivity contribution in [3.05, 3.63) is 105 Å². The smallest absolute Gasteiger partial charge is 0.277 e. The zero-order chi connectivity index (χ0) is 27.8. The van der Waals surface area contributed by atoms with Gasteiger partial charge in [-0.1, -0.05) is 51.5 Å². The monoisotopic (exact) mass is 600 g/mol. The SMILES string of the molecule is CC1CC(c2cn(Cc3ncc(-c4cccc(Br)c4)o3)nn2)CCN1C(=O)c1cc([N+](=O)[O-])c2ccccc2c1. The number of non-ortho nitro benzene ring substituents is 1. The standard InChI is InChI=1S/C29H25BrN6O4/c1-18-11-20(9-10-35(18)29(37)22-12-19-5-2-3-8-24(19)26(14-22)36(38)39)25-16-34(33-32-25)17-28-31-15-27(40-28)21-6-4-7-23(30)13-21/h2-8,12-16,18,20H,9-11,17H2,1H3. The summed E-state index contributed by atoms with van der Waals surface area (Å²) in [5, 5.41) is 21.6. The van der Waals surface area contributed by atoms with Gasteiger partial charge in [-0.15, -0.1) is 5.10 Å². The normalized spacial score (nSPS) is 17.3. The first-order valence-electron chi connectivity index (χ1n) is 12.9. The molecule has 2 aromatic heterocycles. The van der Waals surface area contributed by atoms with Crippen LogP contribution < -0.4 is 0 Å². The minimum absolute atomic E-state index is 0.0598. The van der Waals surface area contributed by atoms with E-state index in [1.165, 1.54) is 6.07 Å². The molecule has 0 aliphatic carbocycles. The number of halogens is 1. The van der Waals surface area contributed by atoms with Crippen LogP contribution in [0.15, 0.2) is 81.9 Å². The summed E-state index contributed by atoms with van der Waals surface area (Å²) in [5.41, 5.74) is 2.06. The maximum atomic E-state index is 13.5. The van der Waals surface area contributed by atoms with E-state index < -0.39 is 4.92 Å². The van der Waals surface area contributed by atoms with Crippen LogP contribution in [0.3, 0.4) is 0 Å². The van der Waals surface area contributed by atoms with Crippen molar-refractivity contribution < 1.29 is 14.1 Å². The highest BCUT2D eigenvalue weighted by molar-refractivity contribution is 9.10. The third kappa shape index (κ3) is 5.12. The maximum Gasteiger partial charge on any atom is 0.277 e. The number of likely N-dealkylation sites (tertiary alicyclic amines) is 1. The molecule has 6 rings (SSSR count). The number of hydrogen-bond donors (Lipinski definition) is 0. The highest BCUT2D eigenvalue weighted by atomic mass is 79.9. The predicted molar refractivity (Wildman–Crippen MR) is 152 cm³/mol. The zero-order valence-corrected chi connectivity index (χ0v) is 23.2. The molecule has 10 nitrogen and oxygen atoms in total. The number of amides is 1. The lowest BCUT2D eigenvalue weighted by Gasteiger charge is -2.37. The first kappa shape index (κ1) is 25.9. The predicted octanol–water partition coefficient (Wildman–Crippen LogP) is 6.21. The van der Waals surface area contributed by atoms with Crippen LogP contribution >= 0.6 is 15.9 Å². The summed E-state index contributed by atoms with van der Waals surface area (Å²) in [6, 6.07) is 17.9. The molecule has 0 bridgehead atoms. The summed E-state index contributed by atoms with van der Waals surface area (Å²) < 4.78 is 8.60. The third-order valence-corrected chi connectivity index (χ3v) is 7.85. The molecule has 2 atom stereocenters. The molecule has 11 heteroatoms. The Labute approximate surface area is 237 Å². The van der Waals surface area contributed by atoms with Gasteiger partial charge in [-0.25, -0.2) is 9.67 Å². The Morgan fingerprint density at radius 3 is 2.83 bits per heavy atom. The number of nitro benzene ring substituents is 1. The fourth-order valence-corrected chi connectivity index (χ4v) is 5.75. The summed E-state index contributed by atoms with van der Waals surface area (Å²) in [5.74, 6) is 1.15.